The molecule has 0 unspecified atom stereocenters. The minimum atomic E-state index is -0.253. The summed E-state index contributed by atoms with van der Waals surface area (Å²) in [5.74, 6) is -0.147. The lowest BCUT2D eigenvalue weighted by atomic mass is 10.1. The Morgan fingerprint density at radius 1 is 0.917 bits per heavy atom. The molecule has 182 valence electrons. The number of anilines is 2. The van der Waals surface area contributed by atoms with Gasteiger partial charge in [0.25, 0.3) is 11.8 Å². The van der Waals surface area contributed by atoms with Crippen LogP contribution >= 0.6 is 0 Å². The number of nitrogens with one attached hydrogen (secondary N) is 2. The van der Waals surface area contributed by atoms with E-state index in [1.54, 1.807) is 28.8 Å². The molecule has 5 N–H and O–H groups in total. The van der Waals surface area contributed by atoms with E-state index in [0.29, 0.717) is 29.3 Å². The average molecular weight is 484 g/mol. The first-order chi connectivity index (χ1) is 17.1. The van der Waals surface area contributed by atoms with Crippen LogP contribution < -0.4 is 16.8 Å². The molecule has 0 radical (unpaired) electrons. The Hall–Kier alpha value is -4.57. The number of fused-ring (bicyclic) bond motifs is 2. The van der Waals surface area contributed by atoms with Crippen LogP contribution in [0.5, 0.6) is 0 Å². The monoisotopic (exact) mass is 483 g/mol. The summed E-state index contributed by atoms with van der Waals surface area (Å²) in [5.41, 5.74) is 4.22. The maximum atomic E-state index is 12.5. The van der Waals surface area contributed by atoms with E-state index < -0.39 is 0 Å². The summed E-state index contributed by atoms with van der Waals surface area (Å²) in [5, 5.41) is 10.5. The van der Waals surface area contributed by atoms with E-state index in [-0.39, 0.29) is 36.3 Å². The molecule has 3 heterocycles. The molecule has 6 rings (SSSR count). The maximum absolute atomic E-state index is 12.5. The van der Waals surface area contributed by atoms with Gasteiger partial charge in [0.05, 0.1) is 16.8 Å². The lowest BCUT2D eigenvalue weighted by molar-refractivity contribution is -0.117. The molecule has 2 aromatic heterocycles. The van der Waals surface area contributed by atoms with Crippen LogP contribution in [0.4, 0.5) is 11.6 Å². The molecule has 36 heavy (non-hydrogen) atoms. The molecule has 2 aliphatic rings. The van der Waals surface area contributed by atoms with Crippen molar-refractivity contribution < 1.29 is 14.4 Å². The number of pyridine rings is 1. The average Bonchev–Trinajstić information content (AvgIpc) is 3.61. The van der Waals surface area contributed by atoms with Gasteiger partial charge in [-0.15, -0.1) is 5.10 Å². The second-order valence-electron chi connectivity index (χ2n) is 8.69. The molecule has 1 aliphatic heterocycles. The fourth-order valence-corrected chi connectivity index (χ4v) is 4.25. The number of imide groups is 1. The molecule has 0 saturated heterocycles. The first-order valence-electron chi connectivity index (χ1n) is 11.5. The Morgan fingerprint density at radius 2 is 1.61 bits per heavy atom. The van der Waals surface area contributed by atoms with Crippen molar-refractivity contribution in [3.63, 3.8) is 0 Å². The second-order valence-corrected chi connectivity index (χ2v) is 8.69. The van der Waals surface area contributed by atoms with Gasteiger partial charge in [0, 0.05) is 30.3 Å². The van der Waals surface area contributed by atoms with Crippen molar-refractivity contribution in [2.75, 3.05) is 23.7 Å². The molecule has 1 saturated carbocycles. The Labute approximate surface area is 206 Å². The summed E-state index contributed by atoms with van der Waals surface area (Å²) >= 11 is 0. The summed E-state index contributed by atoms with van der Waals surface area (Å²) < 4.78 is 1.72. The zero-order valence-electron chi connectivity index (χ0n) is 19.5. The van der Waals surface area contributed by atoms with E-state index in [0.717, 1.165) is 29.8 Å². The molecule has 1 aliphatic carbocycles. The normalized spacial score (nSPS) is 14.5. The van der Waals surface area contributed by atoms with Gasteiger partial charge in [-0.1, -0.05) is 30.3 Å². The maximum Gasteiger partial charge on any atom is 0.261 e. The zero-order valence-corrected chi connectivity index (χ0v) is 19.5. The van der Waals surface area contributed by atoms with Crippen molar-refractivity contribution in [2.45, 2.75) is 12.8 Å². The van der Waals surface area contributed by atoms with Crippen LogP contribution in [0.2, 0.25) is 0 Å². The summed E-state index contributed by atoms with van der Waals surface area (Å²) in [6, 6.07) is 20.4. The summed E-state index contributed by atoms with van der Waals surface area (Å²) in [4.78, 5) is 42.7. The van der Waals surface area contributed by atoms with Gasteiger partial charge in [-0.2, -0.15) is 4.98 Å². The minimum absolute atomic E-state index is 0. The molecule has 10 heteroatoms. The number of amides is 3. The predicted octanol–water partition coefficient (Wildman–Crippen LogP) is 3.61. The van der Waals surface area contributed by atoms with Gasteiger partial charge in [-0.05, 0) is 49.2 Å². The van der Waals surface area contributed by atoms with Crippen LogP contribution in [0.25, 0.3) is 16.9 Å². The van der Waals surface area contributed by atoms with Gasteiger partial charge in [0.2, 0.25) is 11.9 Å². The first kappa shape index (κ1) is 23.2. The number of rotatable bonds is 7. The standard InChI is InChI=1S/C26H22N6O3.H3N/c33-23(17-8-9-17)29-26-28-22-7-3-6-21(32(22)30-26)16-10-12-18(13-11-16)27-14-15-31-24(34)19-4-1-2-5-20(19)25(31)35;/h1-7,10-13,17,27H,8-9,14-15H2,(H,29,30,33);1H3. The van der Waals surface area contributed by atoms with Gasteiger partial charge in [0.1, 0.15) is 0 Å². The van der Waals surface area contributed by atoms with Gasteiger partial charge in [-0.3, -0.25) is 24.6 Å². The quantitative estimate of drug-likeness (QED) is 0.341. The highest BCUT2D eigenvalue weighted by Gasteiger charge is 2.34. The van der Waals surface area contributed by atoms with Crippen LogP contribution in [0.15, 0.2) is 66.7 Å². The van der Waals surface area contributed by atoms with E-state index in [9.17, 15) is 14.4 Å². The van der Waals surface area contributed by atoms with Gasteiger partial charge in [0.15, 0.2) is 5.65 Å². The third kappa shape index (κ3) is 4.18. The van der Waals surface area contributed by atoms with Crippen molar-refractivity contribution in [3.8, 4) is 11.3 Å². The van der Waals surface area contributed by atoms with Crippen molar-refractivity contribution in [2.24, 2.45) is 5.92 Å². The number of hydrogen-bond donors (Lipinski definition) is 3. The fourth-order valence-electron chi connectivity index (χ4n) is 4.25. The van der Waals surface area contributed by atoms with Crippen LogP contribution in [0.3, 0.4) is 0 Å². The lowest BCUT2D eigenvalue weighted by Crippen LogP contribution is -2.34. The first-order valence-corrected chi connectivity index (χ1v) is 11.5. The van der Waals surface area contributed by atoms with E-state index in [1.165, 1.54) is 4.90 Å². The SMILES string of the molecule is N.O=C(Nc1nc2cccc(-c3ccc(NCCN4C(=O)c5ccccc5C4=O)cc3)n2n1)C1CC1. The van der Waals surface area contributed by atoms with Crippen molar-refractivity contribution >= 4 is 35.0 Å². The molecule has 0 bridgehead atoms. The Balaban J connectivity index is 0.00000267. The third-order valence-corrected chi connectivity index (χ3v) is 6.27. The molecule has 3 amide bonds. The number of aromatic nitrogens is 3. The third-order valence-electron chi connectivity index (χ3n) is 6.27. The number of nitrogens with zero attached hydrogens (tertiary/aromatic N) is 4. The highest BCUT2D eigenvalue weighted by atomic mass is 16.2. The minimum Gasteiger partial charge on any atom is -0.383 e. The summed E-state index contributed by atoms with van der Waals surface area (Å²) in [6.45, 7) is 0.718. The number of carbonyl (C=O) groups is 3. The predicted molar refractivity (Wildman–Crippen MR) is 135 cm³/mol. The molecule has 0 atom stereocenters. The number of hydrogen-bond acceptors (Lipinski definition) is 7. The Bertz CT molecular complexity index is 1440. The largest absolute Gasteiger partial charge is 0.383 e. The Morgan fingerprint density at radius 3 is 2.28 bits per heavy atom. The van der Waals surface area contributed by atoms with E-state index in [4.69, 9.17) is 0 Å². The topological polar surface area (TPSA) is 144 Å². The highest BCUT2D eigenvalue weighted by molar-refractivity contribution is 6.21. The smallest absolute Gasteiger partial charge is 0.261 e. The molecule has 2 aromatic carbocycles. The van der Waals surface area contributed by atoms with Gasteiger partial charge in [-0.25, -0.2) is 4.52 Å². The van der Waals surface area contributed by atoms with Crippen molar-refractivity contribution in [1.82, 2.24) is 25.6 Å². The molecule has 4 aromatic rings. The summed E-state index contributed by atoms with van der Waals surface area (Å²) in [7, 11) is 0. The molecule has 1 fully saturated rings. The van der Waals surface area contributed by atoms with Crippen LogP contribution in [0.1, 0.15) is 33.6 Å². The molecule has 10 nitrogen and oxygen atoms in total. The van der Waals surface area contributed by atoms with Crippen molar-refractivity contribution in [1.29, 1.82) is 0 Å². The fraction of sp³-hybridized carbons (Fsp3) is 0.192. The van der Waals surface area contributed by atoms with Crippen LogP contribution in [-0.4, -0.2) is 50.3 Å². The van der Waals surface area contributed by atoms with E-state index in [2.05, 4.69) is 20.7 Å². The Kier molecular flexibility index (Phi) is 5.95. The van der Waals surface area contributed by atoms with Crippen LogP contribution in [-0.2, 0) is 4.79 Å². The van der Waals surface area contributed by atoms with E-state index >= 15 is 0 Å². The second kappa shape index (κ2) is 9.23. The lowest BCUT2D eigenvalue weighted by Gasteiger charge is -2.15. The molecule has 0 spiro atoms. The zero-order chi connectivity index (χ0) is 23.9. The molecular formula is C26H25N7O3. The number of carbonyl (C=O) groups excluding carboxylic acids is 3. The van der Waals surface area contributed by atoms with Gasteiger partial charge < -0.3 is 11.5 Å². The summed E-state index contributed by atoms with van der Waals surface area (Å²) in [6.07, 6.45) is 1.84. The van der Waals surface area contributed by atoms with E-state index in [1.807, 2.05) is 42.5 Å². The van der Waals surface area contributed by atoms with Gasteiger partial charge >= 0.3 is 0 Å². The van der Waals surface area contributed by atoms with Crippen LogP contribution in [0, 0.1) is 5.92 Å². The number of benzene rings is 2. The molecular weight excluding hydrogens is 458 g/mol. The highest BCUT2D eigenvalue weighted by Crippen LogP contribution is 2.30. The van der Waals surface area contributed by atoms with Crippen molar-refractivity contribution in [3.05, 3.63) is 77.9 Å².